The van der Waals surface area contributed by atoms with Crippen molar-refractivity contribution in [2.45, 2.75) is 12.9 Å². The minimum absolute atomic E-state index is 0.0853. The van der Waals surface area contributed by atoms with Gasteiger partial charge in [-0.25, -0.2) is 14.6 Å². The first kappa shape index (κ1) is 12.1. The van der Waals surface area contributed by atoms with Crippen LogP contribution in [-0.4, -0.2) is 32.7 Å². The van der Waals surface area contributed by atoms with Crippen LogP contribution in [0.4, 0.5) is 13.2 Å². The van der Waals surface area contributed by atoms with Crippen LogP contribution in [0.25, 0.3) is 11.2 Å². The van der Waals surface area contributed by atoms with E-state index in [9.17, 15) is 13.2 Å². The van der Waals surface area contributed by atoms with Gasteiger partial charge < -0.3 is 0 Å². The Kier molecular flexibility index (Phi) is 3.16. The Morgan fingerprint density at radius 3 is 2.82 bits per heavy atom. The molecule has 0 N–H and O–H groups in total. The number of nitrogens with zero attached hydrogens (tertiary/aromatic N) is 4. The molecule has 2 aromatic heterocycles. The SMILES string of the molecule is FC(F)(F)OCCn1ncc2ncc(Cl)nc21. The molecule has 17 heavy (non-hydrogen) atoms. The molecule has 2 aromatic rings. The zero-order chi connectivity index (χ0) is 12.5. The number of fused-ring (bicyclic) bond motifs is 1. The molecule has 0 aliphatic heterocycles. The molecule has 5 nitrogen and oxygen atoms in total. The van der Waals surface area contributed by atoms with Gasteiger partial charge in [0, 0.05) is 0 Å². The van der Waals surface area contributed by atoms with Crippen molar-refractivity contribution in [2.75, 3.05) is 6.61 Å². The first-order valence-corrected chi connectivity index (χ1v) is 4.88. The van der Waals surface area contributed by atoms with Gasteiger partial charge in [-0.2, -0.15) is 5.10 Å². The van der Waals surface area contributed by atoms with E-state index in [0.29, 0.717) is 11.2 Å². The Bertz CT molecular complexity index is 527. The van der Waals surface area contributed by atoms with E-state index in [1.807, 2.05) is 0 Å². The molecule has 0 amide bonds. The van der Waals surface area contributed by atoms with Gasteiger partial charge in [-0.3, -0.25) is 4.74 Å². The molecule has 0 unspecified atom stereocenters. The summed E-state index contributed by atoms with van der Waals surface area (Å²) in [5.41, 5.74) is 0.782. The Hall–Kier alpha value is -1.41. The minimum Gasteiger partial charge on any atom is -0.290 e. The van der Waals surface area contributed by atoms with Crippen molar-refractivity contribution in [3.8, 4) is 0 Å². The highest BCUT2D eigenvalue weighted by molar-refractivity contribution is 6.29. The Balaban J connectivity index is 2.11. The van der Waals surface area contributed by atoms with Crippen molar-refractivity contribution in [1.82, 2.24) is 19.7 Å². The molecule has 0 aromatic carbocycles. The molecule has 0 atom stereocenters. The van der Waals surface area contributed by atoms with E-state index in [4.69, 9.17) is 11.6 Å². The third-order valence-electron chi connectivity index (χ3n) is 1.88. The maximum absolute atomic E-state index is 11.8. The van der Waals surface area contributed by atoms with Crippen LogP contribution in [0.15, 0.2) is 12.4 Å². The van der Waals surface area contributed by atoms with Gasteiger partial charge in [-0.15, -0.1) is 13.2 Å². The lowest BCUT2D eigenvalue weighted by molar-refractivity contribution is -0.325. The summed E-state index contributed by atoms with van der Waals surface area (Å²) in [6.45, 7) is -0.632. The Morgan fingerprint density at radius 2 is 2.12 bits per heavy atom. The van der Waals surface area contributed by atoms with E-state index in [0.717, 1.165) is 0 Å². The predicted octanol–water partition coefficient (Wildman–Crippen LogP) is 2.02. The fourth-order valence-corrected chi connectivity index (χ4v) is 1.37. The van der Waals surface area contributed by atoms with Crippen LogP contribution in [0.5, 0.6) is 0 Å². The van der Waals surface area contributed by atoms with Crippen molar-refractivity contribution in [1.29, 1.82) is 0 Å². The van der Waals surface area contributed by atoms with Crippen LogP contribution >= 0.6 is 11.6 Å². The number of ether oxygens (including phenoxy) is 1. The highest BCUT2D eigenvalue weighted by Gasteiger charge is 2.28. The molecule has 2 heterocycles. The van der Waals surface area contributed by atoms with E-state index in [-0.39, 0.29) is 11.7 Å². The summed E-state index contributed by atoms with van der Waals surface area (Å²) in [5.74, 6) is 0. The van der Waals surface area contributed by atoms with Crippen LogP contribution in [-0.2, 0) is 11.3 Å². The highest BCUT2D eigenvalue weighted by Crippen LogP contribution is 2.16. The molecule has 0 spiro atoms. The number of rotatable bonds is 3. The maximum Gasteiger partial charge on any atom is 0.522 e. The fourth-order valence-electron chi connectivity index (χ4n) is 1.24. The summed E-state index contributed by atoms with van der Waals surface area (Å²) in [6, 6.07) is 0. The predicted molar refractivity (Wildman–Crippen MR) is 52.3 cm³/mol. The summed E-state index contributed by atoms with van der Waals surface area (Å²) in [4.78, 5) is 7.83. The van der Waals surface area contributed by atoms with Gasteiger partial charge in [0.1, 0.15) is 10.7 Å². The summed E-state index contributed by atoms with van der Waals surface area (Å²) >= 11 is 5.63. The van der Waals surface area contributed by atoms with Gasteiger partial charge in [0.25, 0.3) is 0 Å². The number of aromatic nitrogens is 4. The monoisotopic (exact) mass is 266 g/mol. The van der Waals surface area contributed by atoms with Crippen LogP contribution < -0.4 is 0 Å². The average molecular weight is 267 g/mol. The van der Waals surface area contributed by atoms with Crippen molar-refractivity contribution >= 4 is 22.8 Å². The van der Waals surface area contributed by atoms with Crippen LogP contribution in [0, 0.1) is 0 Å². The summed E-state index contributed by atoms with van der Waals surface area (Å²) in [7, 11) is 0. The van der Waals surface area contributed by atoms with E-state index >= 15 is 0 Å². The van der Waals surface area contributed by atoms with Gasteiger partial charge in [0.15, 0.2) is 5.65 Å². The van der Waals surface area contributed by atoms with E-state index < -0.39 is 13.0 Å². The second-order valence-electron chi connectivity index (χ2n) is 3.06. The molecule has 0 aliphatic rings. The first-order chi connectivity index (χ1) is 7.96. The van der Waals surface area contributed by atoms with Crippen molar-refractivity contribution in [2.24, 2.45) is 0 Å². The largest absolute Gasteiger partial charge is 0.522 e. The molecule has 92 valence electrons. The smallest absolute Gasteiger partial charge is 0.290 e. The average Bonchev–Trinajstić information content (AvgIpc) is 2.59. The fraction of sp³-hybridized carbons (Fsp3) is 0.375. The second kappa shape index (κ2) is 4.46. The normalized spacial score (nSPS) is 12.2. The number of hydrogen-bond acceptors (Lipinski definition) is 4. The second-order valence-corrected chi connectivity index (χ2v) is 3.45. The van der Waals surface area contributed by atoms with Crippen molar-refractivity contribution in [3.63, 3.8) is 0 Å². The van der Waals surface area contributed by atoms with Gasteiger partial charge in [-0.05, 0) is 0 Å². The van der Waals surface area contributed by atoms with Crippen molar-refractivity contribution in [3.05, 3.63) is 17.5 Å². The molecular formula is C8H6ClF3N4O. The summed E-state index contributed by atoms with van der Waals surface area (Å²) < 4.78 is 40.2. The Labute approximate surface area is 98.2 Å². The molecule has 0 aliphatic carbocycles. The first-order valence-electron chi connectivity index (χ1n) is 4.50. The lowest BCUT2D eigenvalue weighted by Gasteiger charge is -2.07. The molecule has 2 rings (SSSR count). The number of alkyl halides is 3. The minimum atomic E-state index is -4.65. The molecule has 0 saturated carbocycles. The topological polar surface area (TPSA) is 52.8 Å². The summed E-state index contributed by atoms with van der Waals surface area (Å²) in [5, 5.41) is 3.99. The number of hydrogen-bond donors (Lipinski definition) is 0. The van der Waals surface area contributed by atoms with Crippen LogP contribution in [0.2, 0.25) is 5.15 Å². The third kappa shape index (κ3) is 3.04. The molecule has 0 bridgehead atoms. The maximum atomic E-state index is 11.8. The van der Waals surface area contributed by atoms with Gasteiger partial charge in [0.05, 0.1) is 25.5 Å². The Morgan fingerprint density at radius 1 is 1.35 bits per heavy atom. The van der Waals surface area contributed by atoms with E-state index in [2.05, 4.69) is 19.8 Å². The zero-order valence-electron chi connectivity index (χ0n) is 8.28. The molecule has 0 radical (unpaired) electrons. The zero-order valence-corrected chi connectivity index (χ0v) is 9.03. The quantitative estimate of drug-likeness (QED) is 0.853. The molecule has 0 saturated heterocycles. The highest BCUT2D eigenvalue weighted by atomic mass is 35.5. The van der Waals surface area contributed by atoms with Gasteiger partial charge >= 0.3 is 6.36 Å². The van der Waals surface area contributed by atoms with E-state index in [1.165, 1.54) is 17.1 Å². The lowest BCUT2D eigenvalue weighted by atomic mass is 10.5. The van der Waals surface area contributed by atoms with E-state index in [1.54, 1.807) is 0 Å². The summed E-state index contributed by atoms with van der Waals surface area (Å²) in [6.07, 6.45) is -1.92. The van der Waals surface area contributed by atoms with Crippen molar-refractivity contribution < 1.29 is 17.9 Å². The molecule has 0 fully saturated rings. The third-order valence-corrected chi connectivity index (χ3v) is 2.07. The molecular weight excluding hydrogens is 261 g/mol. The van der Waals surface area contributed by atoms with Gasteiger partial charge in [-0.1, -0.05) is 11.6 Å². The molecule has 9 heteroatoms. The van der Waals surface area contributed by atoms with Crippen LogP contribution in [0.3, 0.4) is 0 Å². The lowest BCUT2D eigenvalue weighted by Crippen LogP contribution is -2.18. The van der Waals surface area contributed by atoms with Crippen LogP contribution in [0.1, 0.15) is 0 Å². The number of halogens is 4. The standard InChI is InChI=1S/C8H6ClF3N4O/c9-6-4-13-5-3-14-16(7(5)15-6)1-2-17-8(10,11)12/h3-4H,1-2H2. The van der Waals surface area contributed by atoms with Gasteiger partial charge in [0.2, 0.25) is 0 Å².